The second-order valence-electron chi connectivity index (χ2n) is 5.61. The van der Waals surface area contributed by atoms with Crippen LogP contribution in [-0.2, 0) is 13.1 Å². The molecule has 2 heterocycles. The van der Waals surface area contributed by atoms with E-state index in [4.69, 9.17) is 10.00 Å². The molecule has 0 atom stereocenters. The molecule has 0 fully saturated rings. The van der Waals surface area contributed by atoms with Crippen LogP contribution in [0.2, 0.25) is 0 Å². The average molecular weight is 296 g/mol. The Labute approximate surface area is 130 Å². The largest absolute Gasteiger partial charge is 0.492 e. The van der Waals surface area contributed by atoms with Crippen LogP contribution in [0.4, 0.5) is 0 Å². The topological polar surface area (TPSA) is 54.1 Å². The molecule has 1 aliphatic rings. The fourth-order valence-corrected chi connectivity index (χ4v) is 2.77. The van der Waals surface area contributed by atoms with Gasteiger partial charge in [0.15, 0.2) is 0 Å². The van der Waals surface area contributed by atoms with E-state index in [1.807, 2.05) is 12.1 Å². The Morgan fingerprint density at radius 3 is 2.73 bits per heavy atom. The Bertz CT molecular complexity index is 697. The van der Waals surface area contributed by atoms with Gasteiger partial charge in [-0.2, -0.15) is 5.26 Å². The zero-order valence-corrected chi connectivity index (χ0v) is 13.0. The van der Waals surface area contributed by atoms with Gasteiger partial charge in [-0.25, -0.2) is 4.98 Å². The molecule has 0 aliphatic carbocycles. The first-order valence-corrected chi connectivity index (χ1v) is 7.55. The number of rotatable bonds is 4. The van der Waals surface area contributed by atoms with Gasteiger partial charge in [0.2, 0.25) is 0 Å². The Morgan fingerprint density at radius 1 is 1.23 bits per heavy atom. The van der Waals surface area contributed by atoms with Crippen LogP contribution in [-0.4, -0.2) is 34.1 Å². The van der Waals surface area contributed by atoms with E-state index in [9.17, 15) is 0 Å². The SMILES string of the molecule is Cc1nc2n(c1C)CCN(CCOc1ccc(C#N)cc1)C2. The summed E-state index contributed by atoms with van der Waals surface area (Å²) in [4.78, 5) is 7.00. The van der Waals surface area contributed by atoms with E-state index in [0.29, 0.717) is 12.2 Å². The molecule has 0 saturated heterocycles. The minimum atomic E-state index is 0.643. The van der Waals surface area contributed by atoms with Gasteiger partial charge in [-0.3, -0.25) is 4.90 Å². The third-order valence-corrected chi connectivity index (χ3v) is 4.20. The summed E-state index contributed by atoms with van der Waals surface area (Å²) in [5, 5.41) is 8.77. The number of ether oxygens (including phenoxy) is 1. The molecule has 1 aromatic carbocycles. The maximum absolute atomic E-state index is 8.77. The molecule has 3 rings (SSSR count). The standard InChI is InChI=1S/C17H20N4O/c1-13-14(2)21-8-7-20(12-17(21)19-13)9-10-22-16-5-3-15(11-18)4-6-16/h3-6H,7-10,12H2,1-2H3. The van der Waals surface area contributed by atoms with Crippen molar-refractivity contribution in [2.24, 2.45) is 0 Å². The maximum Gasteiger partial charge on any atom is 0.123 e. The van der Waals surface area contributed by atoms with Crippen LogP contribution in [0.5, 0.6) is 5.75 Å². The molecule has 0 spiro atoms. The summed E-state index contributed by atoms with van der Waals surface area (Å²) >= 11 is 0. The lowest BCUT2D eigenvalue weighted by atomic mass is 10.2. The highest BCUT2D eigenvalue weighted by molar-refractivity contribution is 5.34. The molecule has 0 radical (unpaired) electrons. The van der Waals surface area contributed by atoms with E-state index in [-0.39, 0.29) is 0 Å². The van der Waals surface area contributed by atoms with Crippen molar-refractivity contribution in [3.05, 3.63) is 47.0 Å². The smallest absolute Gasteiger partial charge is 0.123 e. The molecule has 114 valence electrons. The molecule has 5 nitrogen and oxygen atoms in total. The van der Waals surface area contributed by atoms with Crippen molar-refractivity contribution in [1.82, 2.24) is 14.5 Å². The van der Waals surface area contributed by atoms with Gasteiger partial charge < -0.3 is 9.30 Å². The van der Waals surface area contributed by atoms with Crippen molar-refractivity contribution >= 4 is 0 Å². The molecule has 5 heteroatoms. The molecule has 0 unspecified atom stereocenters. The first-order valence-electron chi connectivity index (χ1n) is 7.55. The molecule has 22 heavy (non-hydrogen) atoms. The molecule has 1 aliphatic heterocycles. The molecule has 0 amide bonds. The number of nitriles is 1. The number of imidazole rings is 1. The number of hydrogen-bond donors (Lipinski definition) is 0. The van der Waals surface area contributed by atoms with Crippen molar-refractivity contribution in [3.8, 4) is 11.8 Å². The van der Waals surface area contributed by atoms with Crippen LogP contribution in [0.25, 0.3) is 0 Å². The van der Waals surface area contributed by atoms with Gasteiger partial charge in [0.25, 0.3) is 0 Å². The summed E-state index contributed by atoms with van der Waals surface area (Å²) in [5.74, 6) is 1.96. The van der Waals surface area contributed by atoms with Gasteiger partial charge in [0.1, 0.15) is 18.2 Å². The summed E-state index contributed by atoms with van der Waals surface area (Å²) in [7, 11) is 0. The highest BCUT2D eigenvalue weighted by atomic mass is 16.5. The van der Waals surface area contributed by atoms with Crippen LogP contribution >= 0.6 is 0 Å². The quantitative estimate of drug-likeness (QED) is 0.868. The lowest BCUT2D eigenvalue weighted by Gasteiger charge is -2.28. The molecule has 0 bridgehead atoms. The summed E-state index contributed by atoms with van der Waals surface area (Å²) in [6.07, 6.45) is 0. The third-order valence-electron chi connectivity index (χ3n) is 4.20. The van der Waals surface area contributed by atoms with Crippen molar-refractivity contribution < 1.29 is 4.74 Å². The summed E-state index contributed by atoms with van der Waals surface area (Å²) < 4.78 is 8.06. The Kier molecular flexibility index (Phi) is 4.12. The average Bonchev–Trinajstić information content (AvgIpc) is 2.82. The second kappa shape index (κ2) is 6.20. The van der Waals surface area contributed by atoms with Crippen molar-refractivity contribution in [2.75, 3.05) is 19.7 Å². The number of aromatic nitrogens is 2. The monoisotopic (exact) mass is 296 g/mol. The zero-order valence-electron chi connectivity index (χ0n) is 13.0. The number of benzene rings is 1. The summed E-state index contributed by atoms with van der Waals surface area (Å²) in [6, 6.07) is 9.34. The summed E-state index contributed by atoms with van der Waals surface area (Å²) in [5.41, 5.74) is 3.06. The van der Waals surface area contributed by atoms with E-state index < -0.39 is 0 Å². The molecule has 0 saturated carbocycles. The molecular formula is C17H20N4O. The molecule has 1 aromatic heterocycles. The van der Waals surface area contributed by atoms with Gasteiger partial charge >= 0.3 is 0 Å². The Balaban J connectivity index is 1.51. The fraction of sp³-hybridized carbons (Fsp3) is 0.412. The predicted octanol–water partition coefficient (Wildman–Crippen LogP) is 2.27. The number of nitrogens with zero attached hydrogens (tertiary/aromatic N) is 4. The first-order chi connectivity index (χ1) is 10.7. The van der Waals surface area contributed by atoms with Gasteiger partial charge in [-0.05, 0) is 38.1 Å². The third kappa shape index (κ3) is 2.97. The number of aryl methyl sites for hydroxylation is 1. The van der Waals surface area contributed by atoms with Crippen LogP contribution < -0.4 is 4.74 Å². The van der Waals surface area contributed by atoms with E-state index >= 15 is 0 Å². The van der Waals surface area contributed by atoms with Crippen molar-refractivity contribution in [2.45, 2.75) is 26.9 Å². The lowest BCUT2D eigenvalue weighted by molar-refractivity contribution is 0.174. The van der Waals surface area contributed by atoms with Crippen LogP contribution in [0, 0.1) is 25.2 Å². The van der Waals surface area contributed by atoms with E-state index in [1.54, 1.807) is 12.1 Å². The highest BCUT2D eigenvalue weighted by Gasteiger charge is 2.19. The Morgan fingerprint density at radius 2 is 2.00 bits per heavy atom. The van der Waals surface area contributed by atoms with Crippen LogP contribution in [0.3, 0.4) is 0 Å². The molecule has 2 aromatic rings. The van der Waals surface area contributed by atoms with E-state index in [1.165, 1.54) is 5.69 Å². The molecular weight excluding hydrogens is 276 g/mol. The van der Waals surface area contributed by atoms with Gasteiger partial charge in [-0.15, -0.1) is 0 Å². The number of hydrogen-bond acceptors (Lipinski definition) is 4. The predicted molar refractivity (Wildman–Crippen MR) is 83.6 cm³/mol. The minimum Gasteiger partial charge on any atom is -0.492 e. The lowest BCUT2D eigenvalue weighted by Crippen LogP contribution is -2.36. The Hall–Kier alpha value is -2.32. The van der Waals surface area contributed by atoms with Gasteiger partial charge in [0, 0.05) is 25.3 Å². The van der Waals surface area contributed by atoms with Crippen LogP contribution in [0.15, 0.2) is 24.3 Å². The van der Waals surface area contributed by atoms with Crippen molar-refractivity contribution in [1.29, 1.82) is 5.26 Å². The minimum absolute atomic E-state index is 0.643. The van der Waals surface area contributed by atoms with Crippen molar-refractivity contribution in [3.63, 3.8) is 0 Å². The highest BCUT2D eigenvalue weighted by Crippen LogP contribution is 2.17. The second-order valence-corrected chi connectivity index (χ2v) is 5.61. The van der Waals surface area contributed by atoms with Gasteiger partial charge in [-0.1, -0.05) is 0 Å². The maximum atomic E-state index is 8.77. The van der Waals surface area contributed by atoms with Crippen LogP contribution in [0.1, 0.15) is 22.8 Å². The molecule has 0 N–H and O–H groups in total. The normalized spacial score (nSPS) is 14.4. The van der Waals surface area contributed by atoms with E-state index in [2.05, 4.69) is 34.4 Å². The zero-order chi connectivity index (χ0) is 15.5. The summed E-state index contributed by atoms with van der Waals surface area (Å²) in [6.45, 7) is 8.63. The van der Waals surface area contributed by atoms with Gasteiger partial charge in [0.05, 0.1) is 23.9 Å². The first kappa shape index (κ1) is 14.6. The number of fused-ring (bicyclic) bond motifs is 1. The van der Waals surface area contributed by atoms with E-state index in [0.717, 1.165) is 43.4 Å². The fourth-order valence-electron chi connectivity index (χ4n) is 2.77.